The van der Waals surface area contributed by atoms with Crippen molar-refractivity contribution in [3.63, 3.8) is 0 Å². The van der Waals surface area contributed by atoms with Crippen molar-refractivity contribution in [3.05, 3.63) is 0 Å². The molecule has 3 aliphatic rings. The molecule has 2 heterocycles. The fourth-order valence-corrected chi connectivity index (χ4v) is 3.57. The van der Waals surface area contributed by atoms with Gasteiger partial charge in [0.2, 0.25) is 0 Å². The van der Waals surface area contributed by atoms with Gasteiger partial charge in [0.25, 0.3) is 0 Å². The van der Waals surface area contributed by atoms with Gasteiger partial charge < -0.3 is 5.32 Å². The maximum absolute atomic E-state index is 3.60. The fraction of sp³-hybridized carbons (Fsp3) is 1.00. The Morgan fingerprint density at radius 1 is 1.21 bits per heavy atom. The summed E-state index contributed by atoms with van der Waals surface area (Å²) in [4.78, 5) is 2.73. The van der Waals surface area contributed by atoms with Crippen LogP contribution in [-0.4, -0.2) is 36.6 Å². The molecule has 2 heteroatoms. The lowest BCUT2D eigenvalue weighted by atomic mass is 9.63. The third kappa shape index (κ3) is 1.31. The summed E-state index contributed by atoms with van der Waals surface area (Å²) >= 11 is 0. The Labute approximate surface area is 87.0 Å². The zero-order valence-corrected chi connectivity index (χ0v) is 9.26. The van der Waals surface area contributed by atoms with Crippen LogP contribution in [0.2, 0.25) is 0 Å². The molecule has 0 radical (unpaired) electrons. The van der Waals surface area contributed by atoms with Gasteiger partial charge in [-0.05, 0) is 44.6 Å². The molecule has 80 valence electrons. The molecular formula is C12H22N2. The minimum absolute atomic E-state index is 0.723. The van der Waals surface area contributed by atoms with Gasteiger partial charge in [-0.1, -0.05) is 6.42 Å². The van der Waals surface area contributed by atoms with Gasteiger partial charge in [0, 0.05) is 25.2 Å². The van der Waals surface area contributed by atoms with Crippen molar-refractivity contribution in [2.24, 2.45) is 5.41 Å². The van der Waals surface area contributed by atoms with Gasteiger partial charge in [-0.15, -0.1) is 0 Å². The Morgan fingerprint density at radius 3 is 2.57 bits per heavy atom. The van der Waals surface area contributed by atoms with Gasteiger partial charge in [-0.2, -0.15) is 0 Å². The van der Waals surface area contributed by atoms with Crippen LogP contribution in [0.25, 0.3) is 0 Å². The van der Waals surface area contributed by atoms with Gasteiger partial charge >= 0.3 is 0 Å². The van der Waals surface area contributed by atoms with Crippen LogP contribution in [-0.2, 0) is 0 Å². The molecule has 0 aromatic carbocycles. The molecule has 0 aromatic rings. The number of piperidine rings is 1. The Kier molecular flexibility index (Phi) is 2.10. The Bertz CT molecular complexity index is 214. The number of rotatable bonds is 1. The van der Waals surface area contributed by atoms with Crippen molar-refractivity contribution in [2.75, 3.05) is 19.6 Å². The third-order valence-electron chi connectivity index (χ3n) is 4.68. The van der Waals surface area contributed by atoms with Crippen molar-refractivity contribution in [1.29, 1.82) is 0 Å². The fourth-order valence-electron chi connectivity index (χ4n) is 3.57. The SMILES string of the molecule is CC1NCCCC1N1CC2(CCC2)C1. The highest BCUT2D eigenvalue weighted by atomic mass is 15.3. The first-order valence-corrected chi connectivity index (χ1v) is 6.27. The van der Waals surface area contributed by atoms with E-state index >= 15 is 0 Å². The standard InChI is InChI=1S/C12H22N2/c1-10-11(4-2-7-13-10)14-8-12(9-14)5-3-6-12/h10-11,13H,2-9H2,1H3. The average molecular weight is 194 g/mol. The molecule has 2 saturated heterocycles. The molecule has 14 heavy (non-hydrogen) atoms. The van der Waals surface area contributed by atoms with Crippen molar-refractivity contribution < 1.29 is 0 Å². The molecule has 0 amide bonds. The lowest BCUT2D eigenvalue weighted by molar-refractivity contribution is -0.0936. The van der Waals surface area contributed by atoms with Crippen LogP contribution in [0.4, 0.5) is 0 Å². The molecule has 2 nitrogen and oxygen atoms in total. The van der Waals surface area contributed by atoms with E-state index in [1.165, 1.54) is 51.7 Å². The summed E-state index contributed by atoms with van der Waals surface area (Å²) in [5.74, 6) is 0. The van der Waals surface area contributed by atoms with Crippen molar-refractivity contribution in [2.45, 2.75) is 51.1 Å². The Hall–Kier alpha value is -0.0800. The van der Waals surface area contributed by atoms with E-state index in [1.807, 2.05) is 0 Å². The van der Waals surface area contributed by atoms with Crippen LogP contribution in [0.3, 0.4) is 0 Å². The number of nitrogens with one attached hydrogen (secondary N) is 1. The molecule has 1 spiro atoms. The van der Waals surface area contributed by atoms with Gasteiger partial charge in [-0.3, -0.25) is 4.90 Å². The third-order valence-corrected chi connectivity index (χ3v) is 4.68. The van der Waals surface area contributed by atoms with Gasteiger partial charge in [0.1, 0.15) is 0 Å². The van der Waals surface area contributed by atoms with Gasteiger partial charge in [0.15, 0.2) is 0 Å². The number of nitrogens with zero attached hydrogens (tertiary/aromatic N) is 1. The van der Waals surface area contributed by atoms with E-state index in [9.17, 15) is 0 Å². The molecule has 3 rings (SSSR count). The second-order valence-electron chi connectivity index (χ2n) is 5.71. The number of hydrogen-bond acceptors (Lipinski definition) is 2. The van der Waals surface area contributed by atoms with Crippen LogP contribution < -0.4 is 5.32 Å². The predicted octanol–water partition coefficient (Wildman–Crippen LogP) is 1.61. The monoisotopic (exact) mass is 194 g/mol. The second kappa shape index (κ2) is 3.21. The first-order chi connectivity index (χ1) is 6.79. The van der Waals surface area contributed by atoms with E-state index < -0.39 is 0 Å². The zero-order chi connectivity index (χ0) is 9.60. The normalized spacial score (nSPS) is 41.8. The highest BCUT2D eigenvalue weighted by molar-refractivity contribution is 5.04. The van der Waals surface area contributed by atoms with E-state index in [2.05, 4.69) is 17.1 Å². The van der Waals surface area contributed by atoms with E-state index in [0.717, 1.165) is 17.5 Å². The summed E-state index contributed by atoms with van der Waals surface area (Å²) in [5, 5.41) is 3.60. The summed E-state index contributed by atoms with van der Waals surface area (Å²) in [6, 6.07) is 1.57. The maximum atomic E-state index is 3.60. The molecule has 0 bridgehead atoms. The zero-order valence-electron chi connectivity index (χ0n) is 9.26. The minimum atomic E-state index is 0.723. The van der Waals surface area contributed by atoms with Crippen molar-refractivity contribution in [1.82, 2.24) is 10.2 Å². The van der Waals surface area contributed by atoms with Gasteiger partial charge in [0.05, 0.1) is 0 Å². The summed E-state index contributed by atoms with van der Waals surface area (Å²) in [7, 11) is 0. The van der Waals surface area contributed by atoms with Crippen LogP contribution in [0.15, 0.2) is 0 Å². The summed E-state index contributed by atoms with van der Waals surface area (Å²) < 4.78 is 0. The maximum Gasteiger partial charge on any atom is 0.0247 e. The Balaban J connectivity index is 1.56. The lowest BCUT2D eigenvalue weighted by Gasteiger charge is -2.59. The van der Waals surface area contributed by atoms with Gasteiger partial charge in [-0.25, -0.2) is 0 Å². The molecule has 2 atom stereocenters. The Morgan fingerprint density at radius 2 is 2.00 bits per heavy atom. The van der Waals surface area contributed by atoms with Crippen molar-refractivity contribution >= 4 is 0 Å². The first kappa shape index (κ1) is 9.17. The molecule has 1 N–H and O–H groups in total. The topological polar surface area (TPSA) is 15.3 Å². The van der Waals surface area contributed by atoms with E-state index in [-0.39, 0.29) is 0 Å². The summed E-state index contributed by atoms with van der Waals surface area (Å²) in [6.07, 6.45) is 7.31. The summed E-state index contributed by atoms with van der Waals surface area (Å²) in [5.41, 5.74) is 0.803. The number of likely N-dealkylation sites (tertiary alicyclic amines) is 1. The quantitative estimate of drug-likeness (QED) is 0.682. The molecule has 2 unspecified atom stereocenters. The predicted molar refractivity (Wildman–Crippen MR) is 58.3 cm³/mol. The lowest BCUT2D eigenvalue weighted by Crippen LogP contribution is -2.66. The molecule has 1 saturated carbocycles. The average Bonchev–Trinajstić information content (AvgIpc) is 2.03. The molecule has 0 aromatic heterocycles. The molecule has 3 fully saturated rings. The van der Waals surface area contributed by atoms with E-state index in [4.69, 9.17) is 0 Å². The van der Waals surface area contributed by atoms with E-state index in [1.54, 1.807) is 0 Å². The smallest absolute Gasteiger partial charge is 0.0247 e. The first-order valence-electron chi connectivity index (χ1n) is 6.27. The van der Waals surface area contributed by atoms with Crippen LogP contribution in [0, 0.1) is 5.41 Å². The molecular weight excluding hydrogens is 172 g/mol. The second-order valence-corrected chi connectivity index (χ2v) is 5.71. The molecule has 1 aliphatic carbocycles. The minimum Gasteiger partial charge on any atom is -0.313 e. The van der Waals surface area contributed by atoms with Crippen LogP contribution in [0.1, 0.15) is 39.0 Å². The summed E-state index contributed by atoms with van der Waals surface area (Å²) in [6.45, 7) is 6.40. The van der Waals surface area contributed by atoms with E-state index in [0.29, 0.717) is 0 Å². The highest BCUT2D eigenvalue weighted by Gasteiger charge is 2.49. The van der Waals surface area contributed by atoms with Crippen LogP contribution >= 0.6 is 0 Å². The highest BCUT2D eigenvalue weighted by Crippen LogP contribution is 2.49. The largest absolute Gasteiger partial charge is 0.313 e. The van der Waals surface area contributed by atoms with Crippen molar-refractivity contribution in [3.8, 4) is 0 Å². The van der Waals surface area contributed by atoms with Crippen LogP contribution in [0.5, 0.6) is 0 Å². The molecule has 2 aliphatic heterocycles. The number of hydrogen-bond donors (Lipinski definition) is 1.